The molecule has 1 aliphatic rings. The van der Waals surface area contributed by atoms with Gasteiger partial charge in [0.1, 0.15) is 11.4 Å². The number of nitrogens with zero attached hydrogens (tertiary/aromatic N) is 4. The van der Waals surface area contributed by atoms with Crippen LogP contribution in [-0.2, 0) is 0 Å². The van der Waals surface area contributed by atoms with E-state index in [1.165, 1.54) is 34.0 Å². The maximum Gasteiger partial charge on any atom is 0.573 e. The highest BCUT2D eigenvalue weighted by Gasteiger charge is 2.36. The zero-order valence-electron chi connectivity index (χ0n) is 17.1. The highest BCUT2D eigenvalue weighted by molar-refractivity contribution is 6.15. The molecule has 0 aliphatic carbocycles. The van der Waals surface area contributed by atoms with Crippen LogP contribution >= 0.6 is 0 Å². The molecule has 1 aliphatic heterocycles. The van der Waals surface area contributed by atoms with Crippen molar-refractivity contribution in [3.8, 4) is 11.8 Å². The molecule has 0 saturated heterocycles. The molecular formula is C22H16F3N5O3. The number of fused-ring (bicyclic) bond motifs is 1. The molecule has 4 rings (SSSR count). The summed E-state index contributed by atoms with van der Waals surface area (Å²) in [5.74, 6) is -1.51. The number of carbonyl (C=O) groups is 2. The van der Waals surface area contributed by atoms with Gasteiger partial charge in [-0.3, -0.25) is 14.3 Å². The first-order valence-corrected chi connectivity index (χ1v) is 9.73. The van der Waals surface area contributed by atoms with Crippen molar-refractivity contribution >= 4 is 23.2 Å². The molecule has 168 valence electrons. The number of hydrogen-bond donors (Lipinski definition) is 1. The van der Waals surface area contributed by atoms with Gasteiger partial charge >= 0.3 is 6.36 Å². The normalized spacial score (nSPS) is 15.5. The Bertz CT molecular complexity index is 1260. The van der Waals surface area contributed by atoms with E-state index in [2.05, 4.69) is 15.2 Å². The maximum atomic E-state index is 13.2. The van der Waals surface area contributed by atoms with Crippen LogP contribution in [0.2, 0.25) is 0 Å². The average molecular weight is 455 g/mol. The molecule has 0 spiro atoms. The molecule has 1 atom stereocenters. The van der Waals surface area contributed by atoms with Crippen LogP contribution in [0.5, 0.6) is 5.75 Å². The first-order chi connectivity index (χ1) is 15.7. The molecule has 8 nitrogen and oxygen atoms in total. The van der Waals surface area contributed by atoms with Gasteiger partial charge in [-0.15, -0.1) is 13.2 Å². The van der Waals surface area contributed by atoms with Gasteiger partial charge < -0.3 is 15.0 Å². The summed E-state index contributed by atoms with van der Waals surface area (Å²) in [5, 5.41) is 15.9. The third-order valence-corrected chi connectivity index (χ3v) is 4.98. The van der Waals surface area contributed by atoms with Crippen molar-refractivity contribution in [1.29, 1.82) is 5.26 Å². The van der Waals surface area contributed by atoms with Crippen molar-refractivity contribution in [1.82, 2.24) is 9.78 Å². The van der Waals surface area contributed by atoms with Crippen LogP contribution < -0.4 is 15.0 Å². The molecule has 2 heterocycles. The lowest BCUT2D eigenvalue weighted by molar-refractivity contribution is -0.274. The number of nitrogens with one attached hydrogen (secondary N) is 1. The van der Waals surface area contributed by atoms with E-state index in [1.807, 2.05) is 6.07 Å². The minimum absolute atomic E-state index is 0.0379. The van der Waals surface area contributed by atoms with Gasteiger partial charge in [-0.05, 0) is 49.4 Å². The number of rotatable bonds is 4. The van der Waals surface area contributed by atoms with Gasteiger partial charge in [-0.25, -0.2) is 0 Å². The molecule has 11 heteroatoms. The minimum atomic E-state index is -4.82. The van der Waals surface area contributed by atoms with Gasteiger partial charge in [-0.2, -0.15) is 10.4 Å². The predicted molar refractivity (Wildman–Crippen MR) is 111 cm³/mol. The topological polar surface area (TPSA) is 100 Å². The van der Waals surface area contributed by atoms with Gasteiger partial charge in [0.2, 0.25) is 0 Å². The lowest BCUT2D eigenvalue weighted by Crippen LogP contribution is -2.43. The molecule has 0 bridgehead atoms. The molecule has 33 heavy (non-hydrogen) atoms. The van der Waals surface area contributed by atoms with Crippen molar-refractivity contribution in [2.24, 2.45) is 0 Å². The third kappa shape index (κ3) is 4.50. The van der Waals surface area contributed by atoms with Crippen LogP contribution in [0, 0.1) is 11.3 Å². The van der Waals surface area contributed by atoms with Crippen LogP contribution in [0.4, 0.5) is 24.5 Å². The Morgan fingerprint density at radius 1 is 1.24 bits per heavy atom. The van der Waals surface area contributed by atoms with Crippen molar-refractivity contribution in [2.45, 2.75) is 19.3 Å². The van der Waals surface area contributed by atoms with E-state index in [-0.39, 0.29) is 23.8 Å². The Kier molecular flexibility index (Phi) is 5.51. The molecule has 0 fully saturated rings. The van der Waals surface area contributed by atoms with Crippen molar-refractivity contribution in [2.75, 3.05) is 16.8 Å². The van der Waals surface area contributed by atoms with Crippen LogP contribution in [0.15, 0.2) is 54.7 Å². The second kappa shape index (κ2) is 8.31. The number of anilines is 2. The Morgan fingerprint density at radius 2 is 1.97 bits per heavy atom. The predicted octanol–water partition coefficient (Wildman–Crippen LogP) is 4.13. The monoisotopic (exact) mass is 455 g/mol. The number of carbonyl (C=O) groups excluding carboxylic acids is 2. The summed E-state index contributed by atoms with van der Waals surface area (Å²) in [6.07, 6.45) is -3.53. The van der Waals surface area contributed by atoms with Gasteiger partial charge in [0.25, 0.3) is 11.8 Å². The molecule has 0 unspecified atom stereocenters. The van der Waals surface area contributed by atoms with Gasteiger partial charge in [0.05, 0.1) is 29.4 Å². The lowest BCUT2D eigenvalue weighted by Gasteiger charge is -2.32. The van der Waals surface area contributed by atoms with Crippen molar-refractivity contribution < 1.29 is 27.5 Å². The molecule has 2 amide bonds. The Hall–Kier alpha value is -4.33. The molecule has 0 radical (unpaired) electrons. The highest BCUT2D eigenvalue weighted by atomic mass is 19.4. The van der Waals surface area contributed by atoms with Crippen LogP contribution in [0.25, 0.3) is 0 Å². The Morgan fingerprint density at radius 3 is 2.64 bits per heavy atom. The standard InChI is InChI=1S/C22H16F3N5O3/c1-13-12-29(16-5-7-17(8-6-16)33-22(23,24)25)21(32)19-18(11-27-30(13)19)20(31)28-15-4-2-3-14(9-15)10-26/h2-9,11,13H,12H2,1H3,(H,28,31)/t13-/m0/s1. The second-order valence-electron chi connectivity index (χ2n) is 7.30. The number of alkyl halides is 3. The van der Waals surface area contributed by atoms with E-state index in [0.29, 0.717) is 16.9 Å². The molecule has 1 aromatic heterocycles. The Balaban J connectivity index is 1.60. The van der Waals surface area contributed by atoms with Crippen LogP contribution in [0.1, 0.15) is 39.4 Å². The third-order valence-electron chi connectivity index (χ3n) is 4.98. The van der Waals surface area contributed by atoms with E-state index < -0.39 is 23.9 Å². The number of nitriles is 1. The molecule has 0 saturated carbocycles. The summed E-state index contributed by atoms with van der Waals surface area (Å²) in [6.45, 7) is 2.01. The average Bonchev–Trinajstić information content (AvgIpc) is 3.22. The summed E-state index contributed by atoms with van der Waals surface area (Å²) in [5.41, 5.74) is 1.18. The number of halogens is 3. The van der Waals surface area contributed by atoms with Gasteiger partial charge in [0, 0.05) is 17.9 Å². The SMILES string of the molecule is C[C@H]1CN(c2ccc(OC(F)(F)F)cc2)C(=O)c2c(C(=O)Nc3cccc(C#N)c3)cnn21. The summed E-state index contributed by atoms with van der Waals surface area (Å²) in [4.78, 5) is 27.5. The molecular weight excluding hydrogens is 439 g/mol. The number of amides is 2. The van der Waals surface area contributed by atoms with Gasteiger partial charge in [-0.1, -0.05) is 6.07 Å². The largest absolute Gasteiger partial charge is 0.573 e. The summed E-state index contributed by atoms with van der Waals surface area (Å²) >= 11 is 0. The molecule has 2 aromatic carbocycles. The van der Waals surface area contributed by atoms with E-state index in [0.717, 1.165) is 12.1 Å². The smallest absolute Gasteiger partial charge is 0.406 e. The van der Waals surface area contributed by atoms with E-state index in [4.69, 9.17) is 5.26 Å². The van der Waals surface area contributed by atoms with E-state index in [1.54, 1.807) is 25.1 Å². The quantitative estimate of drug-likeness (QED) is 0.638. The zero-order chi connectivity index (χ0) is 23.8. The summed E-state index contributed by atoms with van der Waals surface area (Å²) in [6, 6.07) is 12.9. The number of hydrogen-bond acceptors (Lipinski definition) is 5. The Labute approximate surface area is 185 Å². The van der Waals surface area contributed by atoms with Crippen LogP contribution in [0.3, 0.4) is 0 Å². The van der Waals surface area contributed by atoms with E-state index in [9.17, 15) is 22.8 Å². The fraction of sp³-hybridized carbons (Fsp3) is 0.182. The van der Waals surface area contributed by atoms with Gasteiger partial charge in [0.15, 0.2) is 0 Å². The fourth-order valence-electron chi connectivity index (χ4n) is 3.54. The summed E-state index contributed by atoms with van der Waals surface area (Å²) in [7, 11) is 0. The molecule has 1 N–H and O–H groups in total. The van der Waals surface area contributed by atoms with E-state index >= 15 is 0 Å². The highest BCUT2D eigenvalue weighted by Crippen LogP contribution is 2.30. The minimum Gasteiger partial charge on any atom is -0.406 e. The maximum absolute atomic E-state index is 13.2. The van der Waals surface area contributed by atoms with Crippen molar-refractivity contribution in [3.05, 3.63) is 71.5 Å². The number of benzene rings is 2. The first-order valence-electron chi connectivity index (χ1n) is 9.73. The lowest BCUT2D eigenvalue weighted by atomic mass is 10.1. The van der Waals surface area contributed by atoms with Crippen molar-refractivity contribution in [3.63, 3.8) is 0 Å². The number of aromatic nitrogens is 2. The number of ether oxygens (including phenoxy) is 1. The molecule has 3 aromatic rings. The van der Waals surface area contributed by atoms with Crippen LogP contribution in [-0.4, -0.2) is 34.5 Å². The first kappa shape index (κ1) is 21.9. The summed E-state index contributed by atoms with van der Waals surface area (Å²) < 4.78 is 42.5. The zero-order valence-corrected chi connectivity index (χ0v) is 17.1. The fourth-order valence-corrected chi connectivity index (χ4v) is 3.54. The second-order valence-corrected chi connectivity index (χ2v) is 7.30.